The summed E-state index contributed by atoms with van der Waals surface area (Å²) < 4.78 is 7.13. The molecule has 1 unspecified atom stereocenters. The first-order valence-electron chi connectivity index (χ1n) is 15.4. The van der Waals surface area contributed by atoms with Crippen LogP contribution in [0.1, 0.15) is 105 Å². The summed E-state index contributed by atoms with van der Waals surface area (Å²) in [5, 5.41) is 0. The largest absolute Gasteiger partial charge is 0.461 e. The lowest BCUT2D eigenvalue weighted by atomic mass is 9.44. The van der Waals surface area contributed by atoms with E-state index in [1.807, 2.05) is 0 Å². The smallest absolute Gasteiger partial charge is 0.316 e. The number of carbonyl (C=O) groups excluding carboxylic acids is 2. The lowest BCUT2D eigenvalue weighted by Crippen LogP contribution is -2.53. The molecular formula is C31H52N2O3S2. The van der Waals surface area contributed by atoms with Crippen molar-refractivity contribution in [1.29, 1.82) is 0 Å². The maximum Gasteiger partial charge on any atom is 0.316 e. The molecule has 0 spiro atoms. The number of primary amides is 1. The summed E-state index contributed by atoms with van der Waals surface area (Å²) in [6.45, 7) is 13.2. The van der Waals surface area contributed by atoms with Gasteiger partial charge >= 0.3 is 5.97 Å². The predicted octanol–water partition coefficient (Wildman–Crippen LogP) is 6.82. The Hall–Kier alpha value is -0.820. The second-order valence-electron chi connectivity index (χ2n) is 13.4. The molecule has 0 radical (unpaired) electrons. The van der Waals surface area contributed by atoms with Crippen molar-refractivity contribution >= 4 is 40.2 Å². The summed E-state index contributed by atoms with van der Waals surface area (Å²) in [6.07, 6.45) is 12.9. The van der Waals surface area contributed by atoms with Crippen molar-refractivity contribution in [2.24, 2.45) is 52.1 Å². The first-order valence-corrected chi connectivity index (χ1v) is 16.8. The Balaban J connectivity index is 1.52. The number of hydrogen-bond donors (Lipinski definition) is 1. The first kappa shape index (κ1) is 30.1. The van der Waals surface area contributed by atoms with Gasteiger partial charge in [0.05, 0.1) is 5.75 Å². The number of esters is 1. The van der Waals surface area contributed by atoms with Crippen molar-refractivity contribution in [2.45, 2.75) is 111 Å². The van der Waals surface area contributed by atoms with Crippen molar-refractivity contribution in [2.75, 3.05) is 18.8 Å². The molecule has 1 amide bonds. The van der Waals surface area contributed by atoms with Crippen molar-refractivity contribution < 1.29 is 14.3 Å². The molecule has 4 fully saturated rings. The molecule has 4 rings (SSSR count). The van der Waals surface area contributed by atoms with E-state index in [9.17, 15) is 9.59 Å². The normalized spacial score (nSPS) is 38.9. The van der Waals surface area contributed by atoms with Crippen molar-refractivity contribution in [3.63, 3.8) is 0 Å². The van der Waals surface area contributed by atoms with Crippen LogP contribution < -0.4 is 5.73 Å². The van der Waals surface area contributed by atoms with Gasteiger partial charge in [0.15, 0.2) is 0 Å². The molecule has 5 nitrogen and oxygen atoms in total. The molecule has 4 saturated carbocycles. The molecule has 216 valence electrons. The fraction of sp³-hybridized carbons (Fsp3) is 0.903. The van der Waals surface area contributed by atoms with E-state index in [1.165, 1.54) is 63.1 Å². The van der Waals surface area contributed by atoms with Gasteiger partial charge in [0.25, 0.3) is 0 Å². The number of rotatable bonds is 9. The number of fused-ring (bicyclic) bond motifs is 5. The average molecular weight is 565 g/mol. The molecule has 0 aliphatic heterocycles. The van der Waals surface area contributed by atoms with Crippen LogP contribution in [0, 0.1) is 46.3 Å². The summed E-state index contributed by atoms with van der Waals surface area (Å²) in [6, 6.07) is 0. The van der Waals surface area contributed by atoms with Crippen LogP contribution in [0.3, 0.4) is 0 Å². The number of carbonyl (C=O) groups is 2. The molecule has 0 aromatic rings. The van der Waals surface area contributed by atoms with Gasteiger partial charge < -0.3 is 15.4 Å². The highest BCUT2D eigenvalue weighted by molar-refractivity contribution is 8.23. The standard InChI is InChI=1S/C31H52N2O3S2/c1-6-33(7-2)29(37)38-19-27(35)36-25-18-24-22-13-12-21-10-8-9-16-30(21,4)23(22)15-17-31(24,5)28(25)20(3)11-14-26(32)34/h20-25,28H,6-19H2,1-5H3,(H2,32,34)/t20-,21+,22-,23+,24+,25?,28+,30+,31+/m1/s1. The summed E-state index contributed by atoms with van der Waals surface area (Å²) in [5.41, 5.74) is 6.19. The maximum atomic E-state index is 13.2. The minimum Gasteiger partial charge on any atom is -0.461 e. The van der Waals surface area contributed by atoms with Crippen LogP contribution in [0.2, 0.25) is 0 Å². The fourth-order valence-electron chi connectivity index (χ4n) is 9.91. The molecule has 38 heavy (non-hydrogen) atoms. The molecule has 0 heterocycles. The van der Waals surface area contributed by atoms with Crippen LogP contribution in [0.25, 0.3) is 0 Å². The molecule has 0 bridgehead atoms. The number of nitrogens with two attached hydrogens (primary N) is 1. The number of hydrogen-bond acceptors (Lipinski definition) is 5. The van der Waals surface area contributed by atoms with E-state index < -0.39 is 0 Å². The Bertz CT molecular complexity index is 879. The van der Waals surface area contributed by atoms with Gasteiger partial charge in [-0.3, -0.25) is 9.59 Å². The van der Waals surface area contributed by atoms with Crippen molar-refractivity contribution in [1.82, 2.24) is 4.90 Å². The van der Waals surface area contributed by atoms with Gasteiger partial charge in [0, 0.05) is 25.4 Å². The number of thioether (sulfide) groups is 1. The van der Waals surface area contributed by atoms with E-state index in [0.717, 1.165) is 48.0 Å². The topological polar surface area (TPSA) is 72.6 Å². The van der Waals surface area contributed by atoms with Crippen LogP contribution in [-0.2, 0) is 14.3 Å². The van der Waals surface area contributed by atoms with Gasteiger partial charge in [-0.2, -0.15) is 0 Å². The lowest BCUT2D eigenvalue weighted by Gasteiger charge is -2.60. The van der Waals surface area contributed by atoms with Crippen LogP contribution in [-0.4, -0.2) is 46.0 Å². The molecular weight excluding hydrogens is 512 g/mol. The fourth-order valence-corrected chi connectivity index (χ4v) is 11.1. The third-order valence-corrected chi connectivity index (χ3v) is 13.2. The average Bonchev–Trinajstić information content (AvgIpc) is 3.18. The third kappa shape index (κ3) is 5.80. The molecule has 9 atom stereocenters. The zero-order valence-corrected chi connectivity index (χ0v) is 26.1. The summed E-state index contributed by atoms with van der Waals surface area (Å²) in [7, 11) is 0. The second kappa shape index (κ2) is 12.4. The number of nitrogens with zero attached hydrogens (tertiary/aromatic N) is 1. The van der Waals surface area contributed by atoms with Gasteiger partial charge in [-0.25, -0.2) is 0 Å². The lowest BCUT2D eigenvalue weighted by molar-refractivity contribution is -0.150. The van der Waals surface area contributed by atoms with Gasteiger partial charge in [-0.05, 0) is 106 Å². The Labute approximate surface area is 241 Å². The Morgan fingerprint density at radius 2 is 1.79 bits per heavy atom. The molecule has 4 aliphatic carbocycles. The van der Waals surface area contributed by atoms with E-state index in [4.69, 9.17) is 22.7 Å². The van der Waals surface area contributed by atoms with Gasteiger partial charge in [-0.1, -0.05) is 57.6 Å². The monoisotopic (exact) mass is 564 g/mol. The van der Waals surface area contributed by atoms with Crippen molar-refractivity contribution in [3.8, 4) is 0 Å². The van der Waals surface area contributed by atoms with Gasteiger partial charge in [-0.15, -0.1) is 0 Å². The first-order chi connectivity index (χ1) is 18.0. The molecule has 0 aromatic carbocycles. The van der Waals surface area contributed by atoms with Crippen LogP contribution >= 0.6 is 24.0 Å². The number of ether oxygens (including phenoxy) is 1. The quantitative estimate of drug-likeness (QED) is 0.245. The highest BCUT2D eigenvalue weighted by Crippen LogP contribution is 2.68. The summed E-state index contributed by atoms with van der Waals surface area (Å²) in [4.78, 5) is 26.9. The number of amides is 1. The Kier molecular flexibility index (Phi) is 9.81. The zero-order valence-electron chi connectivity index (χ0n) is 24.5. The molecule has 2 N–H and O–H groups in total. The van der Waals surface area contributed by atoms with E-state index in [-0.39, 0.29) is 41.0 Å². The molecule has 0 saturated heterocycles. The van der Waals surface area contributed by atoms with E-state index in [0.29, 0.717) is 17.8 Å². The number of thiocarbonyl (C=S) groups is 1. The van der Waals surface area contributed by atoms with Crippen LogP contribution in [0.15, 0.2) is 0 Å². The zero-order chi connectivity index (χ0) is 27.7. The van der Waals surface area contributed by atoms with E-state index in [2.05, 4.69) is 39.5 Å². The Morgan fingerprint density at radius 1 is 1.05 bits per heavy atom. The maximum absolute atomic E-state index is 13.2. The second-order valence-corrected chi connectivity index (χ2v) is 15.1. The van der Waals surface area contributed by atoms with Gasteiger partial charge in [0.2, 0.25) is 5.91 Å². The molecule has 4 aliphatic rings. The highest BCUT2D eigenvalue weighted by atomic mass is 32.2. The molecule has 0 aromatic heterocycles. The molecule has 7 heteroatoms. The minimum atomic E-state index is -0.237. The third-order valence-electron chi connectivity index (χ3n) is 11.7. The van der Waals surface area contributed by atoms with Crippen LogP contribution in [0.5, 0.6) is 0 Å². The Morgan fingerprint density at radius 3 is 2.47 bits per heavy atom. The highest BCUT2D eigenvalue weighted by Gasteiger charge is 2.63. The van der Waals surface area contributed by atoms with Crippen LogP contribution in [0.4, 0.5) is 0 Å². The van der Waals surface area contributed by atoms with Gasteiger partial charge in [0.1, 0.15) is 10.4 Å². The predicted molar refractivity (Wildman–Crippen MR) is 161 cm³/mol. The van der Waals surface area contributed by atoms with Crippen molar-refractivity contribution in [3.05, 3.63) is 0 Å². The van der Waals surface area contributed by atoms with E-state index in [1.54, 1.807) is 0 Å². The van der Waals surface area contributed by atoms with E-state index >= 15 is 0 Å². The SMILES string of the molecule is CCN(CC)C(=S)SCC(=O)OC1C[C@H]2[C@@H]3CC[C@@H]4CCCC[C@]4(C)[C@H]3CC[C@]2(C)[C@H]1[C@H](C)CCC(N)=O. The summed E-state index contributed by atoms with van der Waals surface area (Å²) in [5.74, 6) is 3.46. The minimum absolute atomic E-state index is 0.0846. The summed E-state index contributed by atoms with van der Waals surface area (Å²) >= 11 is 6.98.